The molecule has 1 aromatic heterocycles. The Hall–Kier alpha value is -2.42. The zero-order valence-electron chi connectivity index (χ0n) is 12.5. The molecule has 0 spiro atoms. The van der Waals surface area contributed by atoms with E-state index in [2.05, 4.69) is 36.1 Å². The van der Waals surface area contributed by atoms with Gasteiger partial charge in [0.2, 0.25) is 0 Å². The molecule has 0 amide bonds. The molecule has 2 aromatic rings. The van der Waals surface area contributed by atoms with Gasteiger partial charge in [0.25, 0.3) is 0 Å². The summed E-state index contributed by atoms with van der Waals surface area (Å²) in [5, 5.41) is 10.2. The van der Waals surface area contributed by atoms with Crippen LogP contribution in [0.3, 0.4) is 0 Å². The smallest absolute Gasteiger partial charge is 0.361 e. The summed E-state index contributed by atoms with van der Waals surface area (Å²) in [6, 6.07) is 5.08. The number of halogens is 1. The zero-order chi connectivity index (χ0) is 16.8. The maximum Gasteiger partial charge on any atom is 0.361 e. The van der Waals surface area contributed by atoms with Gasteiger partial charge in [-0.25, -0.2) is 9.59 Å². The lowest BCUT2D eigenvalue weighted by molar-refractivity contribution is -0.142. The number of ether oxygens (including phenoxy) is 3. The van der Waals surface area contributed by atoms with Gasteiger partial charge in [-0.3, -0.25) is 0 Å². The fraction of sp³-hybridized carbons (Fsp3) is 0.286. The monoisotopic (exact) mass is 383 g/mol. The second-order valence-electron chi connectivity index (χ2n) is 4.25. The molecule has 0 atom stereocenters. The minimum atomic E-state index is -0.602. The number of H-pyrrole nitrogens is 1. The van der Waals surface area contributed by atoms with Crippen LogP contribution in [-0.2, 0) is 14.3 Å². The Morgan fingerprint density at radius 1 is 1.30 bits per heavy atom. The number of aromatic amines is 1. The molecule has 0 fully saturated rings. The molecule has 0 aliphatic carbocycles. The van der Waals surface area contributed by atoms with E-state index in [9.17, 15) is 9.59 Å². The molecule has 9 heteroatoms. The number of carbonyl (C=O) groups excluding carboxylic acids is 2. The first-order valence-corrected chi connectivity index (χ1v) is 7.43. The molecule has 23 heavy (non-hydrogen) atoms. The summed E-state index contributed by atoms with van der Waals surface area (Å²) in [7, 11) is 1.27. The Morgan fingerprint density at radius 3 is 2.78 bits per heavy atom. The third-order valence-electron chi connectivity index (χ3n) is 2.79. The van der Waals surface area contributed by atoms with Crippen LogP contribution in [0.25, 0.3) is 11.3 Å². The average Bonchev–Trinajstić information content (AvgIpc) is 3.03. The molecule has 1 heterocycles. The maximum absolute atomic E-state index is 11.9. The normalized spacial score (nSPS) is 10.2. The number of nitrogens with zero attached hydrogens (tertiary/aromatic N) is 2. The van der Waals surface area contributed by atoms with Crippen LogP contribution in [0.15, 0.2) is 22.7 Å². The van der Waals surface area contributed by atoms with Crippen molar-refractivity contribution in [1.82, 2.24) is 15.4 Å². The second kappa shape index (κ2) is 7.73. The molecule has 1 aromatic carbocycles. The van der Waals surface area contributed by atoms with Crippen molar-refractivity contribution in [1.29, 1.82) is 0 Å². The van der Waals surface area contributed by atoms with Crippen molar-refractivity contribution in [3.63, 3.8) is 0 Å². The van der Waals surface area contributed by atoms with Gasteiger partial charge < -0.3 is 14.2 Å². The van der Waals surface area contributed by atoms with Crippen LogP contribution in [0, 0.1) is 0 Å². The number of hydrogen-bond donors (Lipinski definition) is 1. The summed E-state index contributed by atoms with van der Waals surface area (Å²) < 4.78 is 15.7. The van der Waals surface area contributed by atoms with Gasteiger partial charge in [-0.05, 0) is 25.1 Å². The van der Waals surface area contributed by atoms with Crippen LogP contribution < -0.4 is 4.74 Å². The van der Waals surface area contributed by atoms with E-state index in [1.165, 1.54) is 7.11 Å². The Morgan fingerprint density at radius 2 is 2.09 bits per heavy atom. The highest BCUT2D eigenvalue weighted by Crippen LogP contribution is 2.33. The third-order valence-corrected chi connectivity index (χ3v) is 3.28. The van der Waals surface area contributed by atoms with Crippen LogP contribution in [0.5, 0.6) is 5.75 Å². The minimum absolute atomic E-state index is 0.0351. The van der Waals surface area contributed by atoms with E-state index in [4.69, 9.17) is 9.47 Å². The highest BCUT2D eigenvalue weighted by Gasteiger charge is 2.22. The van der Waals surface area contributed by atoms with Gasteiger partial charge in [0.1, 0.15) is 11.4 Å². The topological polar surface area (TPSA) is 103 Å². The quantitative estimate of drug-likeness (QED) is 0.760. The first kappa shape index (κ1) is 16.9. The lowest BCUT2D eigenvalue weighted by Crippen LogP contribution is -2.13. The third kappa shape index (κ3) is 4.07. The second-order valence-corrected chi connectivity index (χ2v) is 5.16. The van der Waals surface area contributed by atoms with E-state index < -0.39 is 11.9 Å². The molecule has 122 valence electrons. The maximum atomic E-state index is 11.9. The van der Waals surface area contributed by atoms with Crippen LogP contribution in [0.1, 0.15) is 17.4 Å². The van der Waals surface area contributed by atoms with Crippen molar-refractivity contribution in [2.45, 2.75) is 6.92 Å². The molecule has 2 rings (SSSR count). The van der Waals surface area contributed by atoms with Crippen LogP contribution in [-0.4, -0.2) is 47.7 Å². The van der Waals surface area contributed by atoms with E-state index in [1.807, 2.05) is 0 Å². The molecule has 0 aliphatic rings. The highest BCUT2D eigenvalue weighted by atomic mass is 79.9. The predicted octanol–water partition coefficient (Wildman–Crippen LogP) is 1.96. The molecule has 0 unspecified atom stereocenters. The number of rotatable bonds is 6. The van der Waals surface area contributed by atoms with Crippen molar-refractivity contribution >= 4 is 27.9 Å². The first-order valence-electron chi connectivity index (χ1n) is 6.64. The van der Waals surface area contributed by atoms with E-state index >= 15 is 0 Å². The Balaban J connectivity index is 2.39. The molecule has 0 saturated heterocycles. The van der Waals surface area contributed by atoms with Gasteiger partial charge in [-0.2, -0.15) is 10.3 Å². The summed E-state index contributed by atoms with van der Waals surface area (Å²) in [6.45, 7) is 1.65. The molecule has 0 radical (unpaired) electrons. The number of methoxy groups -OCH3 is 1. The number of benzene rings is 1. The Labute approximate surface area is 140 Å². The Bertz CT molecular complexity index is 716. The SMILES string of the molecule is CCOC(=O)c1n[nH]nc1-c1cc(Br)ccc1OCC(=O)OC. The van der Waals surface area contributed by atoms with Gasteiger partial charge in [0.05, 0.1) is 13.7 Å². The standard InChI is InChI=1S/C14H14BrN3O5/c1-3-22-14(20)13-12(16-18-17-13)9-6-8(15)4-5-10(9)23-7-11(19)21-2/h4-6H,3,7H2,1-2H3,(H,16,17,18). The molecule has 1 N–H and O–H groups in total. The van der Waals surface area contributed by atoms with Gasteiger partial charge >= 0.3 is 11.9 Å². The largest absolute Gasteiger partial charge is 0.481 e. The van der Waals surface area contributed by atoms with E-state index in [0.29, 0.717) is 11.3 Å². The van der Waals surface area contributed by atoms with Crippen molar-refractivity contribution in [2.75, 3.05) is 20.3 Å². The van der Waals surface area contributed by atoms with E-state index in [1.54, 1.807) is 25.1 Å². The summed E-state index contributed by atoms with van der Waals surface area (Å²) >= 11 is 3.35. The van der Waals surface area contributed by atoms with Gasteiger partial charge in [0.15, 0.2) is 12.3 Å². The van der Waals surface area contributed by atoms with Crippen molar-refractivity contribution in [2.24, 2.45) is 0 Å². The van der Waals surface area contributed by atoms with Crippen LogP contribution >= 0.6 is 15.9 Å². The van der Waals surface area contributed by atoms with Crippen molar-refractivity contribution in [3.8, 4) is 17.0 Å². The molecule has 0 aliphatic heterocycles. The number of esters is 2. The minimum Gasteiger partial charge on any atom is -0.481 e. The van der Waals surface area contributed by atoms with Gasteiger partial charge in [-0.1, -0.05) is 15.9 Å². The summed E-state index contributed by atoms with van der Waals surface area (Å²) in [5.41, 5.74) is 0.789. The van der Waals surface area contributed by atoms with Crippen LogP contribution in [0.4, 0.5) is 0 Å². The van der Waals surface area contributed by atoms with Crippen molar-refractivity contribution < 1.29 is 23.8 Å². The molecule has 0 bridgehead atoms. The number of nitrogens with one attached hydrogen (secondary N) is 1. The molecular formula is C14H14BrN3O5. The summed E-state index contributed by atoms with van der Waals surface area (Å²) in [4.78, 5) is 23.2. The lowest BCUT2D eigenvalue weighted by Gasteiger charge is -2.10. The fourth-order valence-electron chi connectivity index (χ4n) is 1.77. The highest BCUT2D eigenvalue weighted by molar-refractivity contribution is 9.10. The number of aromatic nitrogens is 3. The summed E-state index contributed by atoms with van der Waals surface area (Å²) in [5.74, 6) is -0.766. The Kier molecular flexibility index (Phi) is 5.69. The summed E-state index contributed by atoms with van der Waals surface area (Å²) in [6.07, 6.45) is 0. The van der Waals surface area contributed by atoms with E-state index in [0.717, 1.165) is 4.47 Å². The van der Waals surface area contributed by atoms with Gasteiger partial charge in [-0.15, -0.1) is 5.10 Å². The van der Waals surface area contributed by atoms with Crippen LogP contribution in [0.2, 0.25) is 0 Å². The zero-order valence-corrected chi connectivity index (χ0v) is 14.0. The first-order chi connectivity index (χ1) is 11.1. The van der Waals surface area contributed by atoms with Crippen molar-refractivity contribution in [3.05, 3.63) is 28.4 Å². The van der Waals surface area contributed by atoms with Gasteiger partial charge in [0, 0.05) is 10.0 Å². The number of hydrogen-bond acceptors (Lipinski definition) is 7. The van der Waals surface area contributed by atoms with E-state index in [-0.39, 0.29) is 24.6 Å². The lowest BCUT2D eigenvalue weighted by atomic mass is 10.1. The molecule has 8 nitrogen and oxygen atoms in total. The number of carbonyl (C=O) groups is 2. The molecular weight excluding hydrogens is 370 g/mol. The predicted molar refractivity (Wildman–Crippen MR) is 83.0 cm³/mol. The molecule has 0 saturated carbocycles. The fourth-order valence-corrected chi connectivity index (χ4v) is 2.13. The average molecular weight is 384 g/mol.